The van der Waals surface area contributed by atoms with Crippen LogP contribution in [0.4, 0.5) is 17.1 Å². The number of nitrogens with zero attached hydrogens (tertiary/aromatic N) is 1. The molecule has 0 saturated heterocycles. The number of imide groups is 1. The van der Waals surface area contributed by atoms with Gasteiger partial charge in [0.15, 0.2) is 0 Å². The molecule has 0 unspecified atom stereocenters. The van der Waals surface area contributed by atoms with Crippen LogP contribution in [-0.4, -0.2) is 24.3 Å². The third-order valence-electron chi connectivity index (χ3n) is 5.90. The van der Waals surface area contributed by atoms with E-state index in [9.17, 15) is 14.4 Å². The maximum Gasteiger partial charge on any atom is 0.283 e. The number of hydrogen-bond donors (Lipinski definition) is 2. The van der Waals surface area contributed by atoms with Crippen molar-refractivity contribution >= 4 is 46.4 Å². The molecule has 36 heavy (non-hydrogen) atoms. The zero-order valence-electron chi connectivity index (χ0n) is 20.2. The molecule has 0 atom stereocenters. The number of nitrogens with one attached hydrogen (secondary N) is 2. The van der Waals surface area contributed by atoms with Crippen LogP contribution in [0.5, 0.6) is 5.75 Å². The summed E-state index contributed by atoms with van der Waals surface area (Å²) in [4.78, 5) is 39.2. The van der Waals surface area contributed by atoms with Gasteiger partial charge in [-0.15, -0.1) is 0 Å². The van der Waals surface area contributed by atoms with Crippen molar-refractivity contribution in [2.45, 2.75) is 27.2 Å². The Morgan fingerprint density at radius 2 is 1.64 bits per heavy atom. The molecule has 4 rings (SSSR count). The van der Waals surface area contributed by atoms with Crippen LogP contribution in [0.15, 0.2) is 77.5 Å². The molecule has 1 heterocycles. The van der Waals surface area contributed by atoms with Gasteiger partial charge in [-0.3, -0.25) is 14.4 Å². The van der Waals surface area contributed by atoms with Gasteiger partial charge in [0.2, 0.25) is 5.91 Å². The quantitative estimate of drug-likeness (QED) is 0.406. The number of carbonyl (C=O) groups is 3. The van der Waals surface area contributed by atoms with Gasteiger partial charge in [-0.2, -0.15) is 0 Å². The summed E-state index contributed by atoms with van der Waals surface area (Å²) in [6.07, 6.45) is 0.194. The van der Waals surface area contributed by atoms with Crippen LogP contribution in [-0.2, 0) is 20.8 Å². The van der Waals surface area contributed by atoms with Gasteiger partial charge in [-0.05, 0) is 79.9 Å². The number of anilines is 3. The van der Waals surface area contributed by atoms with Gasteiger partial charge in [0.1, 0.15) is 16.5 Å². The standard InChI is InChI=1S/C28H26ClN3O4/c1-4-36-22-14-12-21(13-15-22)32-27(34)25(29)26(28(32)35)30-20-10-8-19(9-11-20)16-24(33)31-23-7-5-6-17(2)18(23)3/h5-15,30H,4,16H2,1-3H3,(H,31,33). The molecule has 184 valence electrons. The van der Waals surface area contributed by atoms with Crippen molar-refractivity contribution in [2.24, 2.45) is 0 Å². The minimum Gasteiger partial charge on any atom is -0.494 e. The Morgan fingerprint density at radius 1 is 0.944 bits per heavy atom. The molecule has 8 heteroatoms. The third kappa shape index (κ3) is 5.26. The maximum absolute atomic E-state index is 13.0. The molecule has 3 aromatic carbocycles. The highest BCUT2D eigenvalue weighted by atomic mass is 35.5. The zero-order chi connectivity index (χ0) is 25.8. The van der Waals surface area contributed by atoms with E-state index in [1.54, 1.807) is 48.5 Å². The normalized spacial score (nSPS) is 13.3. The molecule has 0 fully saturated rings. The van der Waals surface area contributed by atoms with Crippen LogP contribution in [0.3, 0.4) is 0 Å². The van der Waals surface area contributed by atoms with Crippen molar-refractivity contribution < 1.29 is 19.1 Å². The second kappa shape index (κ2) is 10.7. The number of rotatable bonds is 8. The fraction of sp³-hybridized carbons (Fsp3) is 0.179. The fourth-order valence-corrected chi connectivity index (χ4v) is 4.03. The van der Waals surface area contributed by atoms with Gasteiger partial charge >= 0.3 is 0 Å². The second-order valence-corrected chi connectivity index (χ2v) is 8.73. The molecule has 0 bridgehead atoms. The first-order chi connectivity index (χ1) is 17.3. The number of amides is 3. The molecule has 1 aliphatic rings. The Hall–Kier alpha value is -4.10. The van der Waals surface area contributed by atoms with Gasteiger partial charge in [-0.1, -0.05) is 35.9 Å². The first kappa shape index (κ1) is 25.0. The topological polar surface area (TPSA) is 87.7 Å². The number of hydrogen-bond acceptors (Lipinski definition) is 5. The first-order valence-corrected chi connectivity index (χ1v) is 11.9. The van der Waals surface area contributed by atoms with Crippen molar-refractivity contribution in [3.05, 3.63) is 94.1 Å². The maximum atomic E-state index is 13.0. The number of benzene rings is 3. The number of ether oxygens (including phenoxy) is 1. The fourth-order valence-electron chi connectivity index (χ4n) is 3.82. The van der Waals surface area contributed by atoms with E-state index >= 15 is 0 Å². The molecule has 1 aliphatic heterocycles. The summed E-state index contributed by atoms with van der Waals surface area (Å²) in [7, 11) is 0. The van der Waals surface area contributed by atoms with Crippen LogP contribution in [0, 0.1) is 13.8 Å². The molecule has 0 spiro atoms. The molecule has 3 amide bonds. The lowest BCUT2D eigenvalue weighted by Gasteiger charge is -2.15. The largest absolute Gasteiger partial charge is 0.494 e. The van der Waals surface area contributed by atoms with Crippen molar-refractivity contribution in [2.75, 3.05) is 22.1 Å². The van der Waals surface area contributed by atoms with E-state index in [0.29, 0.717) is 23.7 Å². The lowest BCUT2D eigenvalue weighted by molar-refractivity contribution is -0.120. The second-order valence-electron chi connectivity index (χ2n) is 8.36. The first-order valence-electron chi connectivity index (χ1n) is 11.5. The molecule has 0 radical (unpaired) electrons. The average molecular weight is 504 g/mol. The Bertz CT molecular complexity index is 1350. The van der Waals surface area contributed by atoms with Crippen LogP contribution in [0.2, 0.25) is 0 Å². The van der Waals surface area contributed by atoms with E-state index in [-0.39, 0.29) is 23.1 Å². The third-order valence-corrected chi connectivity index (χ3v) is 6.25. The SMILES string of the molecule is CCOc1ccc(N2C(=O)C(Cl)=C(Nc3ccc(CC(=O)Nc4cccc(C)c4C)cc3)C2=O)cc1. The van der Waals surface area contributed by atoms with E-state index in [1.807, 2.05) is 39.0 Å². The predicted octanol–water partition coefficient (Wildman–Crippen LogP) is 5.32. The smallest absolute Gasteiger partial charge is 0.283 e. The summed E-state index contributed by atoms with van der Waals surface area (Å²) >= 11 is 6.23. The van der Waals surface area contributed by atoms with Crippen molar-refractivity contribution in [1.82, 2.24) is 0 Å². The Morgan fingerprint density at radius 3 is 2.31 bits per heavy atom. The van der Waals surface area contributed by atoms with Crippen LogP contribution in [0.25, 0.3) is 0 Å². The van der Waals surface area contributed by atoms with Gasteiger partial charge in [-0.25, -0.2) is 4.90 Å². The average Bonchev–Trinajstić information content (AvgIpc) is 3.07. The lowest BCUT2D eigenvalue weighted by Crippen LogP contribution is -2.32. The van der Waals surface area contributed by atoms with E-state index in [1.165, 1.54) is 0 Å². The summed E-state index contributed by atoms with van der Waals surface area (Å²) in [6.45, 7) is 6.35. The van der Waals surface area contributed by atoms with Crippen LogP contribution >= 0.6 is 11.6 Å². The molecule has 2 N–H and O–H groups in total. The van der Waals surface area contributed by atoms with E-state index in [2.05, 4.69) is 10.6 Å². The summed E-state index contributed by atoms with van der Waals surface area (Å²) in [5.41, 5.74) is 4.69. The lowest BCUT2D eigenvalue weighted by atomic mass is 10.1. The highest BCUT2D eigenvalue weighted by molar-refractivity contribution is 6.53. The van der Waals surface area contributed by atoms with Gasteiger partial charge in [0.05, 0.1) is 18.7 Å². The van der Waals surface area contributed by atoms with Gasteiger partial charge < -0.3 is 15.4 Å². The zero-order valence-corrected chi connectivity index (χ0v) is 21.0. The van der Waals surface area contributed by atoms with E-state index in [4.69, 9.17) is 16.3 Å². The monoisotopic (exact) mass is 503 g/mol. The van der Waals surface area contributed by atoms with Crippen molar-refractivity contribution in [1.29, 1.82) is 0 Å². The van der Waals surface area contributed by atoms with Crippen LogP contribution < -0.4 is 20.3 Å². The van der Waals surface area contributed by atoms with E-state index < -0.39 is 11.8 Å². The molecule has 3 aromatic rings. The minimum atomic E-state index is -0.604. The number of halogens is 1. The molecule has 0 saturated carbocycles. The molecule has 0 aromatic heterocycles. The summed E-state index contributed by atoms with van der Waals surface area (Å²) in [5, 5.41) is 5.70. The van der Waals surface area contributed by atoms with Crippen molar-refractivity contribution in [3.63, 3.8) is 0 Å². The van der Waals surface area contributed by atoms with Gasteiger partial charge in [0, 0.05) is 11.4 Å². The van der Waals surface area contributed by atoms with E-state index in [0.717, 1.165) is 27.3 Å². The number of carbonyl (C=O) groups excluding carboxylic acids is 3. The predicted molar refractivity (Wildman–Crippen MR) is 141 cm³/mol. The Balaban J connectivity index is 1.41. The highest BCUT2D eigenvalue weighted by Crippen LogP contribution is 2.31. The Labute approximate surface area is 214 Å². The minimum absolute atomic E-state index is 0.00373. The molecular formula is C28H26ClN3O4. The summed E-state index contributed by atoms with van der Waals surface area (Å²) < 4.78 is 5.41. The molecule has 7 nitrogen and oxygen atoms in total. The molecular weight excluding hydrogens is 478 g/mol. The summed E-state index contributed by atoms with van der Waals surface area (Å²) in [5.74, 6) is -0.641. The molecule has 0 aliphatic carbocycles. The summed E-state index contributed by atoms with van der Waals surface area (Å²) in [6, 6.07) is 19.4. The highest BCUT2D eigenvalue weighted by Gasteiger charge is 2.38. The Kier molecular flexibility index (Phi) is 7.41. The van der Waals surface area contributed by atoms with Gasteiger partial charge in [0.25, 0.3) is 11.8 Å². The van der Waals surface area contributed by atoms with Crippen LogP contribution in [0.1, 0.15) is 23.6 Å². The van der Waals surface area contributed by atoms with Crippen molar-refractivity contribution in [3.8, 4) is 5.75 Å². The number of aryl methyl sites for hydroxylation is 1.